The maximum absolute atomic E-state index is 12.3. The number of sulfone groups is 1. The summed E-state index contributed by atoms with van der Waals surface area (Å²) >= 11 is 1.35. The van der Waals surface area contributed by atoms with Gasteiger partial charge in [-0.15, -0.1) is 11.3 Å². The van der Waals surface area contributed by atoms with E-state index in [4.69, 9.17) is 0 Å². The van der Waals surface area contributed by atoms with Crippen molar-refractivity contribution >= 4 is 44.4 Å². The molecule has 1 heterocycles. The molecule has 0 unspecified atom stereocenters. The number of thiophene rings is 1. The molecule has 0 bridgehead atoms. The summed E-state index contributed by atoms with van der Waals surface area (Å²) in [6.45, 7) is 0. The fraction of sp³-hybridized carbons (Fsp3) is 0.0526. The highest BCUT2D eigenvalue weighted by molar-refractivity contribution is 7.90. The monoisotopic (exact) mass is 400 g/mol. The molecule has 6 nitrogen and oxygen atoms in total. The van der Waals surface area contributed by atoms with Crippen LogP contribution in [0.15, 0.2) is 70.9 Å². The third-order valence-corrected chi connectivity index (χ3v) is 5.69. The van der Waals surface area contributed by atoms with Gasteiger partial charge in [-0.05, 0) is 60.0 Å². The van der Waals surface area contributed by atoms with Gasteiger partial charge in [-0.1, -0.05) is 6.07 Å². The van der Waals surface area contributed by atoms with Gasteiger partial charge in [0.2, 0.25) is 0 Å². The highest BCUT2D eigenvalue weighted by Crippen LogP contribution is 2.17. The number of carbonyl (C=O) groups is 2. The van der Waals surface area contributed by atoms with Crippen LogP contribution in [-0.4, -0.2) is 26.5 Å². The van der Waals surface area contributed by atoms with Crippen LogP contribution in [0.25, 0.3) is 0 Å². The lowest BCUT2D eigenvalue weighted by atomic mass is 10.2. The zero-order chi connectivity index (χ0) is 19.4. The number of benzene rings is 2. The van der Waals surface area contributed by atoms with Crippen LogP contribution in [0.3, 0.4) is 0 Å². The van der Waals surface area contributed by atoms with E-state index in [1.807, 2.05) is 5.38 Å². The summed E-state index contributed by atoms with van der Waals surface area (Å²) in [4.78, 5) is 25.1. The van der Waals surface area contributed by atoms with Crippen molar-refractivity contribution in [3.05, 3.63) is 76.5 Å². The molecule has 0 atom stereocenters. The summed E-state index contributed by atoms with van der Waals surface area (Å²) in [6, 6.07) is 16.0. The predicted octanol–water partition coefficient (Wildman–Crippen LogP) is 3.66. The van der Waals surface area contributed by atoms with Crippen molar-refractivity contribution in [3.63, 3.8) is 0 Å². The Labute approximate surface area is 160 Å². The zero-order valence-corrected chi connectivity index (χ0v) is 15.9. The fourth-order valence-electron chi connectivity index (χ4n) is 2.29. The summed E-state index contributed by atoms with van der Waals surface area (Å²) in [5.41, 5.74) is 1.49. The van der Waals surface area contributed by atoms with Crippen molar-refractivity contribution in [1.82, 2.24) is 0 Å². The van der Waals surface area contributed by atoms with E-state index in [0.717, 1.165) is 6.26 Å². The van der Waals surface area contributed by atoms with Gasteiger partial charge in [-0.3, -0.25) is 9.59 Å². The molecule has 3 rings (SSSR count). The SMILES string of the molecule is CS(=O)(=O)c1ccc(NC(=O)c2ccc(NC(=O)c3cccs3)cc2)cc1. The molecule has 0 fully saturated rings. The largest absolute Gasteiger partial charge is 0.322 e. The molecule has 3 aromatic rings. The van der Waals surface area contributed by atoms with Crippen LogP contribution in [-0.2, 0) is 9.84 Å². The Balaban J connectivity index is 1.64. The smallest absolute Gasteiger partial charge is 0.265 e. The molecular weight excluding hydrogens is 384 g/mol. The van der Waals surface area contributed by atoms with Gasteiger partial charge in [-0.25, -0.2) is 8.42 Å². The Morgan fingerprint density at radius 3 is 1.89 bits per heavy atom. The van der Waals surface area contributed by atoms with E-state index in [9.17, 15) is 18.0 Å². The van der Waals surface area contributed by atoms with Crippen LogP contribution in [0.5, 0.6) is 0 Å². The molecule has 0 saturated heterocycles. The van der Waals surface area contributed by atoms with Crippen molar-refractivity contribution in [1.29, 1.82) is 0 Å². The quantitative estimate of drug-likeness (QED) is 0.684. The van der Waals surface area contributed by atoms with E-state index in [2.05, 4.69) is 10.6 Å². The van der Waals surface area contributed by atoms with Gasteiger partial charge in [0.25, 0.3) is 11.8 Å². The first kappa shape index (κ1) is 18.8. The van der Waals surface area contributed by atoms with Crippen LogP contribution < -0.4 is 10.6 Å². The van der Waals surface area contributed by atoms with Crippen molar-refractivity contribution in [3.8, 4) is 0 Å². The standard InChI is InChI=1S/C19H16N2O4S2/c1-27(24,25)16-10-8-15(9-11-16)20-18(22)13-4-6-14(7-5-13)21-19(23)17-3-2-12-26-17/h2-12H,1H3,(H,20,22)(H,21,23). The molecule has 0 aliphatic carbocycles. The lowest BCUT2D eigenvalue weighted by molar-refractivity contribution is 0.102. The second-order valence-electron chi connectivity index (χ2n) is 5.76. The van der Waals surface area contributed by atoms with Crippen LogP contribution in [0, 0.1) is 0 Å². The first-order valence-corrected chi connectivity index (χ1v) is 10.7. The summed E-state index contributed by atoms with van der Waals surface area (Å²) < 4.78 is 22.9. The Morgan fingerprint density at radius 1 is 0.815 bits per heavy atom. The molecule has 138 valence electrons. The van der Waals surface area contributed by atoms with E-state index in [1.54, 1.807) is 36.4 Å². The second-order valence-corrected chi connectivity index (χ2v) is 8.72. The number of amides is 2. The highest BCUT2D eigenvalue weighted by Gasteiger charge is 2.10. The molecule has 27 heavy (non-hydrogen) atoms. The van der Waals surface area contributed by atoms with Gasteiger partial charge in [0.05, 0.1) is 9.77 Å². The minimum atomic E-state index is -3.28. The summed E-state index contributed by atoms with van der Waals surface area (Å²) in [7, 11) is -3.28. The van der Waals surface area contributed by atoms with Crippen LogP contribution in [0.2, 0.25) is 0 Å². The molecule has 0 aliphatic heterocycles. The van der Waals surface area contributed by atoms with Gasteiger partial charge < -0.3 is 10.6 Å². The minimum absolute atomic E-state index is 0.186. The average Bonchev–Trinajstić information content (AvgIpc) is 3.17. The lowest BCUT2D eigenvalue weighted by Crippen LogP contribution is -2.13. The summed E-state index contributed by atoms with van der Waals surface area (Å²) in [6.07, 6.45) is 1.12. The lowest BCUT2D eigenvalue weighted by Gasteiger charge is -2.08. The minimum Gasteiger partial charge on any atom is -0.322 e. The van der Waals surface area contributed by atoms with Gasteiger partial charge >= 0.3 is 0 Å². The number of hydrogen-bond donors (Lipinski definition) is 2. The van der Waals surface area contributed by atoms with Crippen molar-refractivity contribution < 1.29 is 18.0 Å². The van der Waals surface area contributed by atoms with Crippen molar-refractivity contribution in [2.45, 2.75) is 4.90 Å². The van der Waals surface area contributed by atoms with Gasteiger partial charge in [-0.2, -0.15) is 0 Å². The Hall–Kier alpha value is -2.97. The molecule has 2 amide bonds. The fourth-order valence-corrected chi connectivity index (χ4v) is 3.54. The van der Waals surface area contributed by atoms with E-state index in [1.165, 1.54) is 35.6 Å². The number of carbonyl (C=O) groups excluding carboxylic acids is 2. The molecule has 8 heteroatoms. The molecule has 2 N–H and O–H groups in total. The third-order valence-electron chi connectivity index (χ3n) is 3.69. The van der Waals surface area contributed by atoms with E-state index in [0.29, 0.717) is 21.8 Å². The van der Waals surface area contributed by atoms with Gasteiger partial charge in [0, 0.05) is 23.2 Å². The predicted molar refractivity (Wildman–Crippen MR) is 106 cm³/mol. The van der Waals surface area contributed by atoms with Crippen LogP contribution in [0.4, 0.5) is 11.4 Å². The van der Waals surface area contributed by atoms with E-state index >= 15 is 0 Å². The summed E-state index contributed by atoms with van der Waals surface area (Å²) in [5, 5.41) is 7.29. The van der Waals surface area contributed by atoms with E-state index < -0.39 is 9.84 Å². The number of rotatable bonds is 5. The highest BCUT2D eigenvalue weighted by atomic mass is 32.2. The Morgan fingerprint density at radius 2 is 1.37 bits per heavy atom. The molecular formula is C19H16N2O4S2. The molecule has 0 saturated carbocycles. The first-order chi connectivity index (χ1) is 12.8. The topological polar surface area (TPSA) is 92.3 Å². The molecule has 0 spiro atoms. The number of anilines is 2. The van der Waals surface area contributed by atoms with Gasteiger partial charge in [0.15, 0.2) is 9.84 Å². The third kappa shape index (κ3) is 4.81. The maximum atomic E-state index is 12.3. The van der Waals surface area contributed by atoms with E-state index in [-0.39, 0.29) is 16.7 Å². The van der Waals surface area contributed by atoms with Gasteiger partial charge in [0.1, 0.15) is 0 Å². The maximum Gasteiger partial charge on any atom is 0.265 e. The molecule has 0 aliphatic rings. The number of nitrogens with one attached hydrogen (secondary N) is 2. The summed E-state index contributed by atoms with van der Waals surface area (Å²) in [5.74, 6) is -0.536. The average molecular weight is 400 g/mol. The number of hydrogen-bond acceptors (Lipinski definition) is 5. The molecule has 2 aromatic carbocycles. The Kier molecular flexibility index (Phi) is 5.38. The zero-order valence-electron chi connectivity index (χ0n) is 14.3. The van der Waals surface area contributed by atoms with Crippen LogP contribution in [0.1, 0.15) is 20.0 Å². The van der Waals surface area contributed by atoms with Crippen LogP contribution >= 0.6 is 11.3 Å². The van der Waals surface area contributed by atoms with Crippen molar-refractivity contribution in [2.75, 3.05) is 16.9 Å². The normalized spacial score (nSPS) is 11.0. The molecule has 0 radical (unpaired) electrons. The first-order valence-electron chi connectivity index (χ1n) is 7.89. The van der Waals surface area contributed by atoms with Crippen molar-refractivity contribution in [2.24, 2.45) is 0 Å². The Bertz CT molecular complexity index is 1060. The molecule has 1 aromatic heterocycles. The second kappa shape index (κ2) is 7.73.